The fourth-order valence-corrected chi connectivity index (χ4v) is 9.24. The summed E-state index contributed by atoms with van der Waals surface area (Å²) in [4.78, 5) is 9.78. The third-order valence-electron chi connectivity index (χ3n) is 13.1. The molecule has 0 radical (unpaired) electrons. The second-order valence-corrected chi connectivity index (χ2v) is 19.9. The molecule has 0 saturated carbocycles. The van der Waals surface area contributed by atoms with Crippen molar-refractivity contribution in [2.75, 3.05) is 16.5 Å². The van der Waals surface area contributed by atoms with Crippen LogP contribution in [0.2, 0.25) is 0 Å². The Balaban J connectivity index is 1.02. The fraction of sp³-hybridized carbons (Fsp3) is 0.203. The quantitative estimate of drug-likeness (QED) is 0.153. The van der Waals surface area contributed by atoms with Gasteiger partial charge in [0.15, 0.2) is 0 Å². The molecule has 2 aromatic heterocycles. The molecule has 0 unspecified atom stereocenters. The van der Waals surface area contributed by atoms with E-state index < -0.39 is 0 Å². The van der Waals surface area contributed by atoms with Crippen LogP contribution >= 0.6 is 0 Å². The number of ether oxygens (including phenoxy) is 1. The highest BCUT2D eigenvalue weighted by Crippen LogP contribution is 2.47. The lowest BCUT2D eigenvalue weighted by molar-refractivity contribution is 0.483. The third-order valence-corrected chi connectivity index (χ3v) is 13.1. The van der Waals surface area contributed by atoms with Gasteiger partial charge in [0.25, 0.3) is 0 Å². The Kier molecular flexibility index (Phi) is 9.98. The summed E-state index contributed by atoms with van der Waals surface area (Å²) in [5.41, 5.74) is 14.0. The number of rotatable bonds is 8. The molecule has 1 aliphatic heterocycles. The lowest BCUT2D eigenvalue weighted by Gasteiger charge is -2.29. The number of benzene rings is 7. The van der Waals surface area contributed by atoms with E-state index in [4.69, 9.17) is 9.72 Å². The average Bonchev–Trinajstić information content (AvgIpc) is 3.85. The number of aromatic nitrogens is 2. The maximum absolute atomic E-state index is 6.81. The molecule has 318 valence electrons. The molecule has 64 heavy (non-hydrogen) atoms. The zero-order valence-corrected chi connectivity index (χ0v) is 38.2. The molecule has 1 aliphatic rings. The number of nitrogens with zero attached hydrogens (tertiary/aromatic N) is 4. The van der Waals surface area contributed by atoms with E-state index in [1.165, 1.54) is 49.8 Å². The predicted octanol–water partition coefficient (Wildman–Crippen LogP) is 15.8. The van der Waals surface area contributed by atoms with Crippen LogP contribution in [0.4, 0.5) is 22.7 Å². The molecule has 0 spiro atoms. The predicted molar refractivity (Wildman–Crippen MR) is 269 cm³/mol. The number of pyridine rings is 1. The second kappa shape index (κ2) is 15.6. The minimum Gasteiger partial charge on any atom is -0.457 e. The molecule has 9 aromatic rings. The van der Waals surface area contributed by atoms with Gasteiger partial charge in [-0.1, -0.05) is 146 Å². The van der Waals surface area contributed by atoms with E-state index in [-0.39, 0.29) is 16.2 Å². The fourth-order valence-electron chi connectivity index (χ4n) is 9.24. The van der Waals surface area contributed by atoms with Gasteiger partial charge in [0.05, 0.1) is 22.4 Å². The van der Waals surface area contributed by atoms with Gasteiger partial charge < -0.3 is 14.5 Å². The summed E-state index contributed by atoms with van der Waals surface area (Å²) in [6.45, 7) is 18.9. The van der Waals surface area contributed by atoms with Crippen LogP contribution in [0, 0.1) is 0 Å². The van der Waals surface area contributed by atoms with E-state index in [0.717, 1.165) is 45.4 Å². The number of anilines is 4. The first-order chi connectivity index (χ1) is 30.7. The molecule has 3 heterocycles. The molecule has 0 saturated heterocycles. The largest absolute Gasteiger partial charge is 0.457 e. The molecule has 5 heteroatoms. The summed E-state index contributed by atoms with van der Waals surface area (Å²) in [5, 5.41) is 2.38. The second-order valence-electron chi connectivity index (χ2n) is 19.9. The van der Waals surface area contributed by atoms with E-state index in [9.17, 15) is 0 Å². The summed E-state index contributed by atoms with van der Waals surface area (Å²) in [6, 6.07) is 63.6. The van der Waals surface area contributed by atoms with Crippen molar-refractivity contribution in [3.8, 4) is 28.4 Å². The maximum atomic E-state index is 6.81. The first-order valence-corrected chi connectivity index (χ1v) is 22.5. The molecule has 0 atom stereocenters. The van der Waals surface area contributed by atoms with Crippen molar-refractivity contribution in [1.82, 2.24) is 9.55 Å². The molecule has 0 bridgehead atoms. The molecular formula is C59H56N4O. The van der Waals surface area contributed by atoms with Gasteiger partial charge in [-0.25, -0.2) is 4.98 Å². The number of para-hydroxylation sites is 2. The van der Waals surface area contributed by atoms with E-state index in [2.05, 4.69) is 240 Å². The van der Waals surface area contributed by atoms with E-state index in [0.29, 0.717) is 6.67 Å². The summed E-state index contributed by atoms with van der Waals surface area (Å²) in [6.07, 6.45) is 1.94. The lowest BCUT2D eigenvalue weighted by atomic mass is 9.77. The number of hydrogen-bond donors (Lipinski definition) is 0. The highest BCUT2D eigenvalue weighted by molar-refractivity contribution is 6.10. The first kappa shape index (κ1) is 40.9. The van der Waals surface area contributed by atoms with Crippen molar-refractivity contribution >= 4 is 44.6 Å². The van der Waals surface area contributed by atoms with Crippen LogP contribution in [0.25, 0.3) is 38.8 Å². The molecule has 0 N–H and O–H groups in total. The summed E-state index contributed by atoms with van der Waals surface area (Å²) in [5.74, 6) is 2.44. The van der Waals surface area contributed by atoms with Crippen LogP contribution in [0.15, 0.2) is 182 Å². The molecule has 0 amide bonds. The molecule has 7 aromatic carbocycles. The summed E-state index contributed by atoms with van der Waals surface area (Å²) < 4.78 is 9.11. The Morgan fingerprint density at radius 1 is 0.438 bits per heavy atom. The van der Waals surface area contributed by atoms with Gasteiger partial charge in [0, 0.05) is 45.9 Å². The Hall–Kier alpha value is -7.11. The smallest absolute Gasteiger partial charge is 0.137 e. The topological polar surface area (TPSA) is 33.5 Å². The highest BCUT2D eigenvalue weighted by atomic mass is 16.5. The summed E-state index contributed by atoms with van der Waals surface area (Å²) in [7, 11) is 0. The minimum atomic E-state index is -0.217. The van der Waals surface area contributed by atoms with Gasteiger partial charge in [-0.05, 0) is 117 Å². The van der Waals surface area contributed by atoms with Crippen LogP contribution in [0.1, 0.15) is 77.6 Å². The molecule has 0 aliphatic carbocycles. The lowest BCUT2D eigenvalue weighted by Crippen LogP contribution is -2.25. The van der Waals surface area contributed by atoms with E-state index in [1.807, 2.05) is 12.3 Å². The highest BCUT2D eigenvalue weighted by Gasteiger charge is 2.31. The minimum absolute atomic E-state index is 0.0163. The van der Waals surface area contributed by atoms with Crippen LogP contribution in [-0.4, -0.2) is 16.2 Å². The molecule has 0 fully saturated rings. The Bertz CT molecular complexity index is 3170. The van der Waals surface area contributed by atoms with E-state index in [1.54, 1.807) is 0 Å². The standard InChI is InChI=1S/C59H56N4O/c1-57(2,3)43-26-29-52-51(35-43)50-28-27-49(38-55(50)63(52)56-36-44(30-31-60-56)58(4,5)6)64-48-23-17-22-46(37-48)61-39-62(54-25-16-15-24-53(54)61)47-33-41(40-18-11-9-12-19-40)32-45(34-47)59(7,8)42-20-13-10-14-21-42/h9-38H,39H2,1-8H3. The number of hydrogen-bond acceptors (Lipinski definition) is 4. The van der Waals surface area contributed by atoms with Gasteiger partial charge in [-0.3, -0.25) is 4.57 Å². The van der Waals surface area contributed by atoms with Crippen LogP contribution in [0.3, 0.4) is 0 Å². The zero-order valence-electron chi connectivity index (χ0n) is 38.2. The zero-order chi connectivity index (χ0) is 44.4. The van der Waals surface area contributed by atoms with Crippen molar-refractivity contribution in [2.24, 2.45) is 0 Å². The van der Waals surface area contributed by atoms with Crippen LogP contribution < -0.4 is 14.5 Å². The first-order valence-electron chi connectivity index (χ1n) is 22.5. The van der Waals surface area contributed by atoms with Crippen LogP contribution in [0.5, 0.6) is 11.5 Å². The third kappa shape index (κ3) is 7.49. The normalized spacial score (nSPS) is 13.2. The van der Waals surface area contributed by atoms with Gasteiger partial charge in [0.1, 0.15) is 24.0 Å². The van der Waals surface area contributed by atoms with Crippen molar-refractivity contribution < 1.29 is 4.74 Å². The van der Waals surface area contributed by atoms with Gasteiger partial charge in [0.2, 0.25) is 0 Å². The molecular weight excluding hydrogens is 781 g/mol. The van der Waals surface area contributed by atoms with Crippen molar-refractivity contribution in [1.29, 1.82) is 0 Å². The average molecular weight is 837 g/mol. The Morgan fingerprint density at radius 3 is 1.81 bits per heavy atom. The van der Waals surface area contributed by atoms with Gasteiger partial charge >= 0.3 is 0 Å². The van der Waals surface area contributed by atoms with Crippen molar-refractivity contribution in [3.05, 3.63) is 204 Å². The maximum Gasteiger partial charge on any atom is 0.137 e. The monoisotopic (exact) mass is 836 g/mol. The SMILES string of the molecule is CC(C)(C)c1ccnc(-n2c3ccc(C(C)(C)C)cc3c3ccc(Oc4cccc(N5CN(c6cc(-c7ccccc7)cc(C(C)(C)c7ccccc7)c6)c6ccccc65)c4)cc32)c1. The number of fused-ring (bicyclic) bond motifs is 4. The van der Waals surface area contributed by atoms with Crippen molar-refractivity contribution in [2.45, 2.75) is 71.6 Å². The van der Waals surface area contributed by atoms with E-state index >= 15 is 0 Å². The summed E-state index contributed by atoms with van der Waals surface area (Å²) >= 11 is 0. The van der Waals surface area contributed by atoms with Crippen LogP contribution in [-0.2, 0) is 16.2 Å². The van der Waals surface area contributed by atoms with Gasteiger partial charge in [-0.2, -0.15) is 0 Å². The molecule has 10 rings (SSSR count). The Morgan fingerprint density at radius 2 is 1.09 bits per heavy atom. The molecule has 5 nitrogen and oxygen atoms in total. The Labute approximate surface area is 378 Å². The van der Waals surface area contributed by atoms with Crippen molar-refractivity contribution in [3.63, 3.8) is 0 Å². The van der Waals surface area contributed by atoms with Gasteiger partial charge in [-0.15, -0.1) is 0 Å².